The topological polar surface area (TPSA) is 15.7 Å². The van der Waals surface area contributed by atoms with Gasteiger partial charge >= 0.3 is 0 Å². The Balaban J connectivity index is 1.99. The smallest absolute Gasteiger partial charge is 0.0572 e. The lowest BCUT2D eigenvalue weighted by molar-refractivity contribution is 0.0351. The molecule has 1 saturated heterocycles. The molecule has 1 aliphatic rings. The van der Waals surface area contributed by atoms with E-state index in [0.717, 1.165) is 13.0 Å². The number of unbranched alkanes of at least 4 members (excludes halogenated alkanes) is 1. The molecular formula is C15H32N2O. The van der Waals surface area contributed by atoms with Crippen molar-refractivity contribution in [3.05, 3.63) is 0 Å². The predicted octanol–water partition coefficient (Wildman–Crippen LogP) is 2.61. The van der Waals surface area contributed by atoms with E-state index in [4.69, 9.17) is 4.74 Å². The number of ether oxygens (including phenoxy) is 1. The Hall–Kier alpha value is -0.120. The summed E-state index contributed by atoms with van der Waals surface area (Å²) in [6, 6.07) is 0. The average molecular weight is 256 g/mol. The van der Waals surface area contributed by atoms with Gasteiger partial charge in [0.15, 0.2) is 0 Å². The van der Waals surface area contributed by atoms with Crippen molar-refractivity contribution in [2.24, 2.45) is 0 Å². The first-order chi connectivity index (χ1) is 8.76. The largest absolute Gasteiger partial charge is 0.378 e. The van der Waals surface area contributed by atoms with Gasteiger partial charge in [-0.25, -0.2) is 0 Å². The van der Waals surface area contributed by atoms with E-state index in [1.54, 1.807) is 0 Å². The Morgan fingerprint density at radius 3 is 2.39 bits per heavy atom. The van der Waals surface area contributed by atoms with Gasteiger partial charge < -0.3 is 14.5 Å². The molecule has 1 rings (SSSR count). The lowest BCUT2D eigenvalue weighted by Gasteiger charge is -2.32. The minimum atomic E-state index is 0.498. The minimum absolute atomic E-state index is 0.498. The van der Waals surface area contributed by atoms with Crippen LogP contribution in [0.1, 0.15) is 46.0 Å². The second-order valence-corrected chi connectivity index (χ2v) is 5.54. The zero-order chi connectivity index (χ0) is 13.2. The highest BCUT2D eigenvalue weighted by Crippen LogP contribution is 2.09. The molecule has 1 fully saturated rings. The molecule has 0 N–H and O–H groups in total. The molecule has 0 saturated carbocycles. The van der Waals surface area contributed by atoms with Crippen molar-refractivity contribution >= 4 is 0 Å². The van der Waals surface area contributed by atoms with Gasteiger partial charge in [-0.2, -0.15) is 0 Å². The molecule has 0 radical (unpaired) electrons. The van der Waals surface area contributed by atoms with Gasteiger partial charge in [0.2, 0.25) is 0 Å². The molecule has 0 bridgehead atoms. The normalized spacial score (nSPS) is 20.2. The molecule has 0 aromatic heterocycles. The van der Waals surface area contributed by atoms with Crippen LogP contribution >= 0.6 is 0 Å². The maximum Gasteiger partial charge on any atom is 0.0572 e. The summed E-state index contributed by atoms with van der Waals surface area (Å²) in [7, 11) is 2.21. The van der Waals surface area contributed by atoms with Crippen LogP contribution in [-0.2, 0) is 4.74 Å². The summed E-state index contributed by atoms with van der Waals surface area (Å²) in [5.41, 5.74) is 0. The molecule has 0 aromatic rings. The highest BCUT2D eigenvalue weighted by molar-refractivity contribution is 4.68. The van der Waals surface area contributed by atoms with Crippen molar-refractivity contribution in [1.29, 1.82) is 0 Å². The fourth-order valence-corrected chi connectivity index (χ4v) is 2.45. The molecule has 3 nitrogen and oxygen atoms in total. The van der Waals surface area contributed by atoms with Crippen molar-refractivity contribution in [1.82, 2.24) is 9.80 Å². The van der Waals surface area contributed by atoms with E-state index in [-0.39, 0.29) is 0 Å². The number of hydrogen-bond donors (Lipinski definition) is 0. The van der Waals surface area contributed by atoms with E-state index < -0.39 is 0 Å². The molecule has 18 heavy (non-hydrogen) atoms. The van der Waals surface area contributed by atoms with Gasteiger partial charge in [-0.15, -0.1) is 0 Å². The molecule has 1 atom stereocenters. The summed E-state index contributed by atoms with van der Waals surface area (Å²) in [6.45, 7) is 11.5. The van der Waals surface area contributed by atoms with Crippen LogP contribution in [0.4, 0.5) is 0 Å². The summed E-state index contributed by atoms with van der Waals surface area (Å²) in [4.78, 5) is 4.97. The third kappa shape index (κ3) is 6.72. The van der Waals surface area contributed by atoms with Crippen LogP contribution in [0.2, 0.25) is 0 Å². The molecule has 1 heterocycles. The Bertz CT molecular complexity index is 184. The SMILES string of the molecule is CCCCC(CC)OCCCN1CCN(C)CC1. The van der Waals surface area contributed by atoms with Crippen LogP contribution in [0.25, 0.3) is 0 Å². The number of rotatable bonds is 9. The van der Waals surface area contributed by atoms with Gasteiger partial charge in [0.05, 0.1) is 6.10 Å². The number of nitrogens with zero attached hydrogens (tertiary/aromatic N) is 2. The maximum absolute atomic E-state index is 5.97. The number of piperazine rings is 1. The first kappa shape index (κ1) is 15.9. The average Bonchev–Trinajstić information content (AvgIpc) is 2.40. The maximum atomic E-state index is 5.97. The number of likely N-dealkylation sites (N-methyl/N-ethyl adjacent to an activating group) is 1. The molecule has 1 aliphatic heterocycles. The fraction of sp³-hybridized carbons (Fsp3) is 1.00. The molecule has 3 heteroatoms. The van der Waals surface area contributed by atoms with Crippen molar-refractivity contribution in [3.63, 3.8) is 0 Å². The molecule has 0 amide bonds. The summed E-state index contributed by atoms with van der Waals surface area (Å²) in [5, 5.41) is 0. The van der Waals surface area contributed by atoms with E-state index in [1.807, 2.05) is 0 Å². The summed E-state index contributed by atoms with van der Waals surface area (Å²) < 4.78 is 5.97. The molecule has 0 spiro atoms. The third-order valence-electron chi connectivity index (χ3n) is 3.90. The first-order valence-electron chi connectivity index (χ1n) is 7.78. The van der Waals surface area contributed by atoms with E-state index >= 15 is 0 Å². The summed E-state index contributed by atoms with van der Waals surface area (Å²) in [5.74, 6) is 0. The molecule has 108 valence electrons. The highest BCUT2D eigenvalue weighted by Gasteiger charge is 2.13. The van der Waals surface area contributed by atoms with E-state index in [9.17, 15) is 0 Å². The summed E-state index contributed by atoms with van der Waals surface area (Å²) >= 11 is 0. The molecular weight excluding hydrogens is 224 g/mol. The third-order valence-corrected chi connectivity index (χ3v) is 3.90. The highest BCUT2D eigenvalue weighted by atomic mass is 16.5. The van der Waals surface area contributed by atoms with Crippen molar-refractivity contribution < 1.29 is 4.74 Å². The Kier molecular flexibility index (Phi) is 8.64. The number of hydrogen-bond acceptors (Lipinski definition) is 3. The lowest BCUT2D eigenvalue weighted by Crippen LogP contribution is -2.44. The predicted molar refractivity (Wildman–Crippen MR) is 78.1 cm³/mol. The van der Waals surface area contributed by atoms with E-state index in [2.05, 4.69) is 30.7 Å². The van der Waals surface area contributed by atoms with Crippen molar-refractivity contribution in [2.75, 3.05) is 46.4 Å². The van der Waals surface area contributed by atoms with Crippen LogP contribution in [0, 0.1) is 0 Å². The minimum Gasteiger partial charge on any atom is -0.378 e. The standard InChI is InChI=1S/C15H32N2O/c1-4-6-8-15(5-2)18-14-7-9-17-12-10-16(3)11-13-17/h15H,4-14H2,1-3H3. The Morgan fingerprint density at radius 2 is 1.78 bits per heavy atom. The first-order valence-corrected chi connectivity index (χ1v) is 7.78. The monoisotopic (exact) mass is 256 g/mol. The zero-order valence-electron chi connectivity index (χ0n) is 12.7. The van der Waals surface area contributed by atoms with Gasteiger partial charge in [0.25, 0.3) is 0 Å². The van der Waals surface area contributed by atoms with E-state index in [0.29, 0.717) is 6.10 Å². The fourth-order valence-electron chi connectivity index (χ4n) is 2.45. The lowest BCUT2D eigenvalue weighted by atomic mass is 10.1. The van der Waals surface area contributed by atoms with Gasteiger partial charge in [0, 0.05) is 39.3 Å². The van der Waals surface area contributed by atoms with Crippen LogP contribution in [0.15, 0.2) is 0 Å². The second kappa shape index (κ2) is 9.76. The molecule has 0 aromatic carbocycles. The van der Waals surface area contributed by atoms with Gasteiger partial charge in [0.1, 0.15) is 0 Å². The van der Waals surface area contributed by atoms with Gasteiger partial charge in [-0.3, -0.25) is 0 Å². The second-order valence-electron chi connectivity index (χ2n) is 5.54. The Morgan fingerprint density at radius 1 is 1.06 bits per heavy atom. The van der Waals surface area contributed by atoms with Crippen molar-refractivity contribution in [3.8, 4) is 0 Å². The molecule has 0 aliphatic carbocycles. The van der Waals surface area contributed by atoms with Gasteiger partial charge in [-0.05, 0) is 26.3 Å². The zero-order valence-corrected chi connectivity index (χ0v) is 12.7. The van der Waals surface area contributed by atoms with Crippen molar-refractivity contribution in [2.45, 2.75) is 52.1 Å². The van der Waals surface area contributed by atoms with Crippen LogP contribution in [0.5, 0.6) is 0 Å². The Labute approximate surface area is 113 Å². The van der Waals surface area contributed by atoms with Crippen LogP contribution in [0.3, 0.4) is 0 Å². The van der Waals surface area contributed by atoms with Crippen LogP contribution < -0.4 is 0 Å². The van der Waals surface area contributed by atoms with E-state index in [1.165, 1.54) is 58.4 Å². The van der Waals surface area contributed by atoms with Gasteiger partial charge in [-0.1, -0.05) is 26.7 Å². The quantitative estimate of drug-likeness (QED) is 0.590. The summed E-state index contributed by atoms with van der Waals surface area (Å²) in [6.07, 6.45) is 6.66. The van der Waals surface area contributed by atoms with Crippen LogP contribution in [-0.4, -0.2) is 62.3 Å². The molecule has 1 unspecified atom stereocenters.